The molecule has 138 valence electrons. The lowest BCUT2D eigenvalue weighted by atomic mass is 9.84. The zero-order valence-electron chi connectivity index (χ0n) is 14.8. The van der Waals surface area contributed by atoms with Crippen LogP contribution in [0.5, 0.6) is 28.7 Å². The molecular weight excluding hydrogens is 348 g/mol. The standard InChI is InChI=1S/C21H18O6/c1-10(2)14-4-11-3-12-16(6-15(11)26-14)23-8-21(22)13-5-18-19(25-9-24-18)7-17(13)27-20(12)21/h3,5-7,14,20,22H,1,4,8-9H2,2H3/t14-,20+,21+/m0/s1. The van der Waals surface area contributed by atoms with Gasteiger partial charge in [-0.3, -0.25) is 0 Å². The number of rotatable bonds is 1. The van der Waals surface area contributed by atoms with Crippen LogP contribution in [0.1, 0.15) is 29.7 Å². The zero-order chi connectivity index (χ0) is 18.3. The lowest BCUT2D eigenvalue weighted by Gasteiger charge is -2.35. The maximum absolute atomic E-state index is 11.4. The van der Waals surface area contributed by atoms with Gasteiger partial charge in [0.05, 0.1) is 0 Å². The summed E-state index contributed by atoms with van der Waals surface area (Å²) in [6, 6.07) is 7.49. The summed E-state index contributed by atoms with van der Waals surface area (Å²) in [4.78, 5) is 0. The monoisotopic (exact) mass is 366 g/mol. The maximum atomic E-state index is 11.4. The van der Waals surface area contributed by atoms with Gasteiger partial charge in [-0.05, 0) is 30.2 Å². The largest absolute Gasteiger partial charge is 0.489 e. The molecule has 2 aromatic rings. The van der Waals surface area contributed by atoms with Gasteiger partial charge in [-0.15, -0.1) is 0 Å². The third-order valence-electron chi connectivity index (χ3n) is 5.77. The molecule has 6 heteroatoms. The Labute approximate surface area is 155 Å². The summed E-state index contributed by atoms with van der Waals surface area (Å²) in [5.74, 6) is 3.33. The number of aliphatic hydroxyl groups is 1. The van der Waals surface area contributed by atoms with Gasteiger partial charge < -0.3 is 28.8 Å². The Morgan fingerprint density at radius 3 is 2.59 bits per heavy atom. The number of fused-ring (bicyclic) bond motifs is 7. The van der Waals surface area contributed by atoms with Gasteiger partial charge >= 0.3 is 0 Å². The minimum atomic E-state index is -1.27. The minimum Gasteiger partial charge on any atom is -0.489 e. The topological polar surface area (TPSA) is 66.4 Å². The van der Waals surface area contributed by atoms with Crippen LogP contribution in [0.15, 0.2) is 36.4 Å². The number of benzene rings is 2. The highest BCUT2D eigenvalue weighted by molar-refractivity contribution is 5.60. The molecule has 0 fully saturated rings. The highest BCUT2D eigenvalue weighted by Crippen LogP contribution is 2.57. The van der Waals surface area contributed by atoms with Crippen LogP contribution in [0, 0.1) is 0 Å². The van der Waals surface area contributed by atoms with Crippen LogP contribution < -0.4 is 23.7 Å². The molecule has 3 atom stereocenters. The van der Waals surface area contributed by atoms with Crippen LogP contribution in [0.4, 0.5) is 0 Å². The van der Waals surface area contributed by atoms with E-state index in [1.165, 1.54) is 0 Å². The Balaban J connectivity index is 1.44. The molecule has 6 rings (SSSR count). The highest BCUT2D eigenvalue weighted by Gasteiger charge is 2.54. The van der Waals surface area contributed by atoms with Crippen molar-refractivity contribution in [1.29, 1.82) is 0 Å². The zero-order valence-corrected chi connectivity index (χ0v) is 14.8. The van der Waals surface area contributed by atoms with Crippen LogP contribution in [0.3, 0.4) is 0 Å². The lowest BCUT2D eigenvalue weighted by Crippen LogP contribution is -2.41. The summed E-state index contributed by atoms with van der Waals surface area (Å²) in [6.45, 7) is 6.23. The van der Waals surface area contributed by atoms with Gasteiger partial charge in [0.1, 0.15) is 30.0 Å². The first-order valence-electron chi connectivity index (χ1n) is 8.98. The number of ether oxygens (including phenoxy) is 5. The van der Waals surface area contributed by atoms with Crippen LogP contribution in [0.2, 0.25) is 0 Å². The Kier molecular flexibility index (Phi) is 2.76. The molecule has 0 saturated carbocycles. The van der Waals surface area contributed by atoms with Gasteiger partial charge in [-0.2, -0.15) is 0 Å². The molecule has 0 spiro atoms. The molecule has 0 bridgehead atoms. The van der Waals surface area contributed by atoms with E-state index in [9.17, 15) is 5.11 Å². The predicted octanol–water partition coefficient (Wildman–Crippen LogP) is 3.01. The lowest BCUT2D eigenvalue weighted by molar-refractivity contribution is -0.0865. The van der Waals surface area contributed by atoms with Crippen LogP contribution in [0.25, 0.3) is 0 Å². The molecule has 0 unspecified atom stereocenters. The maximum Gasteiger partial charge on any atom is 0.231 e. The van der Waals surface area contributed by atoms with Crippen LogP contribution >= 0.6 is 0 Å². The van der Waals surface area contributed by atoms with Gasteiger partial charge in [0.25, 0.3) is 0 Å². The predicted molar refractivity (Wildman–Crippen MR) is 94.7 cm³/mol. The number of hydrogen-bond donors (Lipinski definition) is 1. The second-order valence-corrected chi connectivity index (χ2v) is 7.57. The van der Waals surface area contributed by atoms with Crippen molar-refractivity contribution in [3.8, 4) is 28.7 Å². The third kappa shape index (κ3) is 1.93. The van der Waals surface area contributed by atoms with Gasteiger partial charge in [0.2, 0.25) is 6.79 Å². The molecule has 0 aromatic heterocycles. The molecule has 0 aliphatic carbocycles. The van der Waals surface area contributed by atoms with E-state index in [-0.39, 0.29) is 19.5 Å². The molecular formula is C21H18O6. The van der Waals surface area contributed by atoms with E-state index in [1.54, 1.807) is 12.1 Å². The average molecular weight is 366 g/mol. The Hall–Kier alpha value is -2.86. The molecule has 6 nitrogen and oxygen atoms in total. The Morgan fingerprint density at radius 1 is 1.00 bits per heavy atom. The fraction of sp³-hybridized carbons (Fsp3) is 0.333. The fourth-order valence-corrected chi connectivity index (χ4v) is 4.28. The van der Waals surface area contributed by atoms with E-state index in [1.807, 2.05) is 19.1 Å². The van der Waals surface area contributed by atoms with Crippen molar-refractivity contribution in [2.45, 2.75) is 31.2 Å². The molecule has 0 saturated heterocycles. The van der Waals surface area contributed by atoms with E-state index in [0.717, 1.165) is 28.9 Å². The first-order chi connectivity index (χ1) is 13.0. The Morgan fingerprint density at radius 2 is 1.78 bits per heavy atom. The molecule has 4 aliphatic rings. The van der Waals surface area contributed by atoms with E-state index in [0.29, 0.717) is 28.6 Å². The van der Waals surface area contributed by atoms with Gasteiger partial charge in [0, 0.05) is 29.7 Å². The summed E-state index contributed by atoms with van der Waals surface area (Å²) in [6.07, 6.45) is 0.182. The first-order valence-corrected chi connectivity index (χ1v) is 8.98. The quantitative estimate of drug-likeness (QED) is 0.783. The molecule has 4 heterocycles. The van der Waals surface area contributed by atoms with E-state index in [2.05, 4.69) is 6.58 Å². The molecule has 4 aliphatic heterocycles. The van der Waals surface area contributed by atoms with Crippen LogP contribution in [-0.4, -0.2) is 24.6 Å². The van der Waals surface area contributed by atoms with E-state index < -0.39 is 11.7 Å². The fourth-order valence-electron chi connectivity index (χ4n) is 4.28. The van der Waals surface area contributed by atoms with Gasteiger partial charge in [-0.25, -0.2) is 0 Å². The SMILES string of the molecule is C=C(C)[C@@H]1Cc2cc3c(cc2O1)OC[C@@]1(O)c2cc4c(cc2O[C@H]31)OCO4. The summed E-state index contributed by atoms with van der Waals surface area (Å²) in [5.41, 5.74) is 2.28. The number of hydrogen-bond acceptors (Lipinski definition) is 6. The second-order valence-electron chi connectivity index (χ2n) is 7.57. The van der Waals surface area contributed by atoms with Gasteiger partial charge in [-0.1, -0.05) is 6.58 Å². The van der Waals surface area contributed by atoms with E-state index >= 15 is 0 Å². The average Bonchev–Trinajstić information content (AvgIpc) is 3.33. The second kappa shape index (κ2) is 4.89. The Bertz CT molecular complexity index is 1010. The van der Waals surface area contributed by atoms with Crippen molar-refractivity contribution in [3.05, 3.63) is 53.1 Å². The smallest absolute Gasteiger partial charge is 0.231 e. The summed E-state index contributed by atoms with van der Waals surface area (Å²) >= 11 is 0. The molecule has 27 heavy (non-hydrogen) atoms. The summed E-state index contributed by atoms with van der Waals surface area (Å²) in [5, 5.41) is 11.4. The van der Waals surface area contributed by atoms with Crippen molar-refractivity contribution in [2.75, 3.05) is 13.4 Å². The molecule has 1 N–H and O–H groups in total. The van der Waals surface area contributed by atoms with Crippen molar-refractivity contribution in [3.63, 3.8) is 0 Å². The highest BCUT2D eigenvalue weighted by atomic mass is 16.7. The first kappa shape index (κ1) is 15.2. The van der Waals surface area contributed by atoms with E-state index in [4.69, 9.17) is 23.7 Å². The molecule has 2 aromatic carbocycles. The molecule has 0 amide bonds. The summed E-state index contributed by atoms with van der Waals surface area (Å²) in [7, 11) is 0. The molecule has 0 radical (unpaired) electrons. The van der Waals surface area contributed by atoms with Crippen molar-refractivity contribution in [1.82, 2.24) is 0 Å². The minimum absolute atomic E-state index is 0.0262. The summed E-state index contributed by atoms with van der Waals surface area (Å²) < 4.78 is 29.0. The third-order valence-corrected chi connectivity index (χ3v) is 5.77. The van der Waals surface area contributed by atoms with Gasteiger partial charge in [0.15, 0.2) is 23.2 Å². The normalized spacial score (nSPS) is 28.2. The van der Waals surface area contributed by atoms with Crippen molar-refractivity contribution < 1.29 is 28.8 Å². The van der Waals surface area contributed by atoms with Crippen molar-refractivity contribution >= 4 is 0 Å². The van der Waals surface area contributed by atoms with Crippen molar-refractivity contribution in [2.24, 2.45) is 0 Å². The van der Waals surface area contributed by atoms with Crippen LogP contribution in [-0.2, 0) is 12.0 Å².